The number of nitrogens with zero attached hydrogens (tertiary/aromatic N) is 1. The van der Waals surface area contributed by atoms with E-state index in [2.05, 4.69) is 27.7 Å². The maximum Gasteiger partial charge on any atom is 0.274 e. The molecule has 1 aromatic heterocycles. The molecule has 0 spiro atoms. The first-order valence-corrected chi connectivity index (χ1v) is 11.2. The number of carbonyl (C=O) groups excluding carboxylic acids is 2. The maximum atomic E-state index is 13.2. The van der Waals surface area contributed by atoms with Gasteiger partial charge in [-0.25, -0.2) is 5.48 Å². The Morgan fingerprint density at radius 2 is 1.78 bits per heavy atom. The number of anilines is 2. The van der Waals surface area contributed by atoms with Crippen molar-refractivity contribution >= 4 is 44.6 Å². The number of nitrogens with one attached hydrogen (secondary N) is 2. The molecule has 1 aliphatic rings. The average Bonchev–Trinajstić information content (AvgIpc) is 3.24. The summed E-state index contributed by atoms with van der Waals surface area (Å²) >= 11 is 1.69. The van der Waals surface area contributed by atoms with Crippen molar-refractivity contribution in [3.05, 3.63) is 94.9 Å². The van der Waals surface area contributed by atoms with Crippen molar-refractivity contribution in [2.24, 2.45) is 0 Å². The van der Waals surface area contributed by atoms with Crippen molar-refractivity contribution in [1.29, 1.82) is 0 Å². The molecule has 0 radical (unpaired) electrons. The Morgan fingerprint density at radius 1 is 1.03 bits per heavy atom. The van der Waals surface area contributed by atoms with Crippen LogP contribution >= 0.6 is 11.3 Å². The molecule has 0 fully saturated rings. The number of benzene rings is 3. The van der Waals surface area contributed by atoms with Gasteiger partial charge in [-0.1, -0.05) is 42.5 Å². The minimum absolute atomic E-state index is 0.0322. The minimum Gasteiger partial charge on any atom is -0.353 e. The van der Waals surface area contributed by atoms with Crippen LogP contribution in [-0.4, -0.2) is 23.1 Å². The van der Waals surface area contributed by atoms with Gasteiger partial charge in [-0.15, -0.1) is 11.3 Å². The number of hydrogen-bond acceptors (Lipinski definition) is 5. The number of para-hydroxylation sites is 2. The molecule has 7 heteroatoms. The van der Waals surface area contributed by atoms with Gasteiger partial charge in [-0.05, 0) is 52.2 Å². The van der Waals surface area contributed by atoms with Crippen LogP contribution in [-0.2, 0) is 17.8 Å². The Balaban J connectivity index is 1.50. The molecule has 2 amide bonds. The van der Waals surface area contributed by atoms with E-state index in [1.54, 1.807) is 28.9 Å². The number of carbonyl (C=O) groups is 2. The number of rotatable bonds is 5. The first-order valence-electron chi connectivity index (χ1n) is 10.3. The van der Waals surface area contributed by atoms with Gasteiger partial charge in [-0.3, -0.25) is 14.8 Å². The summed E-state index contributed by atoms with van der Waals surface area (Å²) in [6.07, 6.45) is 0.592. The molecule has 3 N–H and O–H groups in total. The average molecular weight is 444 g/mol. The van der Waals surface area contributed by atoms with Crippen molar-refractivity contribution in [1.82, 2.24) is 5.48 Å². The van der Waals surface area contributed by atoms with Gasteiger partial charge in [0.15, 0.2) is 0 Å². The second-order valence-corrected chi connectivity index (χ2v) is 8.66. The Kier molecular flexibility index (Phi) is 5.34. The monoisotopic (exact) mass is 443 g/mol. The number of amides is 2. The van der Waals surface area contributed by atoms with Crippen LogP contribution in [0.2, 0.25) is 0 Å². The van der Waals surface area contributed by atoms with E-state index in [4.69, 9.17) is 5.21 Å². The summed E-state index contributed by atoms with van der Waals surface area (Å²) in [7, 11) is 0. The molecule has 6 nitrogen and oxygen atoms in total. The Bertz CT molecular complexity index is 1300. The van der Waals surface area contributed by atoms with Crippen LogP contribution in [0.25, 0.3) is 10.1 Å². The van der Waals surface area contributed by atoms with Crippen molar-refractivity contribution in [2.75, 3.05) is 10.2 Å². The minimum atomic E-state index is -0.554. The SMILES string of the molecule is O=C(NO)c1ccc(CN2c3ccccc3NC(=O)[C@H]2Cc2csc3ccccc23)cc1. The van der Waals surface area contributed by atoms with Crippen LogP contribution in [0.15, 0.2) is 78.2 Å². The molecule has 0 saturated heterocycles. The number of hydroxylamine groups is 1. The molecule has 0 aliphatic carbocycles. The van der Waals surface area contributed by atoms with Crippen LogP contribution in [0, 0.1) is 0 Å². The van der Waals surface area contributed by atoms with E-state index in [1.165, 1.54) is 10.1 Å². The second-order valence-electron chi connectivity index (χ2n) is 7.75. The van der Waals surface area contributed by atoms with E-state index < -0.39 is 5.91 Å². The molecule has 32 heavy (non-hydrogen) atoms. The lowest BCUT2D eigenvalue weighted by Crippen LogP contribution is -2.49. The highest BCUT2D eigenvalue weighted by atomic mass is 32.1. The lowest BCUT2D eigenvalue weighted by atomic mass is 9.98. The van der Waals surface area contributed by atoms with Gasteiger partial charge in [0.05, 0.1) is 11.4 Å². The van der Waals surface area contributed by atoms with Crippen LogP contribution in [0.1, 0.15) is 21.5 Å². The topological polar surface area (TPSA) is 81.7 Å². The van der Waals surface area contributed by atoms with Gasteiger partial charge in [0.2, 0.25) is 5.91 Å². The lowest BCUT2D eigenvalue weighted by molar-refractivity contribution is -0.117. The van der Waals surface area contributed by atoms with Crippen LogP contribution in [0.4, 0.5) is 11.4 Å². The zero-order valence-corrected chi connectivity index (χ0v) is 17.9. The molecular weight excluding hydrogens is 422 g/mol. The second kappa shape index (κ2) is 8.45. The summed E-state index contributed by atoms with van der Waals surface area (Å²) in [5.74, 6) is -0.586. The highest BCUT2D eigenvalue weighted by molar-refractivity contribution is 7.17. The third-order valence-electron chi connectivity index (χ3n) is 5.80. The summed E-state index contributed by atoms with van der Waals surface area (Å²) in [5, 5.41) is 15.2. The fourth-order valence-electron chi connectivity index (χ4n) is 4.18. The van der Waals surface area contributed by atoms with E-state index in [-0.39, 0.29) is 11.9 Å². The predicted molar refractivity (Wildman–Crippen MR) is 126 cm³/mol. The smallest absolute Gasteiger partial charge is 0.274 e. The van der Waals surface area contributed by atoms with Gasteiger partial charge in [0, 0.05) is 23.2 Å². The summed E-state index contributed by atoms with van der Waals surface area (Å²) in [4.78, 5) is 26.9. The molecule has 5 rings (SSSR count). The van der Waals surface area contributed by atoms with Crippen LogP contribution in [0.5, 0.6) is 0 Å². The van der Waals surface area contributed by atoms with E-state index in [1.807, 2.05) is 48.5 Å². The number of hydrogen-bond donors (Lipinski definition) is 3. The van der Waals surface area contributed by atoms with E-state index in [0.29, 0.717) is 18.5 Å². The third-order valence-corrected chi connectivity index (χ3v) is 6.81. The van der Waals surface area contributed by atoms with Gasteiger partial charge in [0.1, 0.15) is 6.04 Å². The summed E-state index contributed by atoms with van der Waals surface area (Å²) in [6, 6.07) is 22.7. The molecule has 0 unspecified atom stereocenters. The van der Waals surface area contributed by atoms with E-state index >= 15 is 0 Å². The van der Waals surface area contributed by atoms with Gasteiger partial charge >= 0.3 is 0 Å². The van der Waals surface area contributed by atoms with Gasteiger partial charge in [-0.2, -0.15) is 0 Å². The van der Waals surface area contributed by atoms with Gasteiger partial charge < -0.3 is 10.2 Å². The highest BCUT2D eigenvalue weighted by Crippen LogP contribution is 2.36. The predicted octanol–water partition coefficient (Wildman–Crippen LogP) is 4.59. The third kappa shape index (κ3) is 3.72. The van der Waals surface area contributed by atoms with Crippen LogP contribution in [0.3, 0.4) is 0 Å². The fourth-order valence-corrected chi connectivity index (χ4v) is 5.15. The summed E-state index contributed by atoms with van der Waals surface area (Å²) < 4.78 is 1.21. The van der Waals surface area contributed by atoms with Crippen molar-refractivity contribution in [3.63, 3.8) is 0 Å². The lowest BCUT2D eigenvalue weighted by Gasteiger charge is -2.38. The van der Waals surface area contributed by atoms with E-state index in [9.17, 15) is 9.59 Å². The Labute approximate surface area is 189 Å². The largest absolute Gasteiger partial charge is 0.353 e. The molecular formula is C25H21N3O3S. The van der Waals surface area contributed by atoms with Crippen molar-refractivity contribution in [3.8, 4) is 0 Å². The first kappa shape index (κ1) is 20.2. The standard InChI is InChI=1S/C25H21N3O3S/c29-24(27-31)17-11-9-16(10-12-17)14-28-21-7-3-2-6-20(21)26-25(30)22(28)13-18-15-32-23-8-4-1-5-19(18)23/h1-12,15,22,31H,13-14H2,(H,26,30)(H,27,29)/t22-/m1/s1. The quantitative estimate of drug-likeness (QED) is 0.311. The summed E-state index contributed by atoms with van der Waals surface area (Å²) in [5.41, 5.74) is 5.89. The Hall–Kier alpha value is -3.68. The fraction of sp³-hybridized carbons (Fsp3) is 0.120. The van der Waals surface area contributed by atoms with E-state index in [0.717, 1.165) is 22.5 Å². The number of thiophene rings is 1. The zero-order chi connectivity index (χ0) is 22.1. The molecule has 1 atom stereocenters. The molecule has 160 valence electrons. The molecule has 0 bridgehead atoms. The molecule has 3 aromatic carbocycles. The normalized spacial score (nSPS) is 15.3. The van der Waals surface area contributed by atoms with Crippen molar-refractivity contribution in [2.45, 2.75) is 19.0 Å². The van der Waals surface area contributed by atoms with Crippen molar-refractivity contribution < 1.29 is 14.8 Å². The Morgan fingerprint density at radius 3 is 2.59 bits per heavy atom. The summed E-state index contributed by atoms with van der Waals surface area (Å²) in [6.45, 7) is 0.512. The van der Waals surface area contributed by atoms with Crippen LogP contribution < -0.4 is 15.7 Å². The molecule has 2 heterocycles. The molecule has 0 saturated carbocycles. The van der Waals surface area contributed by atoms with Gasteiger partial charge in [0.25, 0.3) is 5.91 Å². The molecule has 1 aliphatic heterocycles. The maximum absolute atomic E-state index is 13.2. The first-order chi connectivity index (χ1) is 15.6. The zero-order valence-electron chi connectivity index (χ0n) is 17.1. The highest BCUT2D eigenvalue weighted by Gasteiger charge is 2.33. The molecule has 4 aromatic rings. The number of fused-ring (bicyclic) bond motifs is 2.